The molecule has 4 aliphatic rings. The van der Waals surface area contributed by atoms with Crippen molar-refractivity contribution >= 4 is 12.3 Å². The summed E-state index contributed by atoms with van der Waals surface area (Å²) >= 11 is 0. The van der Waals surface area contributed by atoms with Gasteiger partial charge in [-0.3, -0.25) is 0 Å². The average Bonchev–Trinajstić information content (AvgIpc) is 3.04. The normalized spacial score (nSPS) is 43.4. The summed E-state index contributed by atoms with van der Waals surface area (Å²) in [5.74, 6) is 0.888. The molecule has 0 spiro atoms. The van der Waals surface area contributed by atoms with E-state index in [1.807, 2.05) is 6.08 Å². The SMILES string of the molecule is CCOC1CC[C@H]2[C@@H]3CC=C4C=C(C(=O)OCO)CC(C=O)[C@]4(C)[C@H]3CC[C@]12C. The minimum atomic E-state index is -0.635. The lowest BCUT2D eigenvalue weighted by Crippen LogP contribution is -2.53. The molecule has 0 radical (unpaired) electrons. The Morgan fingerprint density at radius 3 is 2.76 bits per heavy atom. The van der Waals surface area contributed by atoms with Gasteiger partial charge >= 0.3 is 5.97 Å². The highest BCUT2D eigenvalue weighted by Crippen LogP contribution is 2.65. The van der Waals surface area contributed by atoms with Crippen molar-refractivity contribution in [3.8, 4) is 0 Å². The Morgan fingerprint density at radius 1 is 1.28 bits per heavy atom. The Kier molecular flexibility index (Phi) is 5.49. The molecule has 5 nitrogen and oxygen atoms in total. The molecule has 2 saturated carbocycles. The molecule has 7 atom stereocenters. The van der Waals surface area contributed by atoms with Crippen molar-refractivity contribution in [2.75, 3.05) is 13.4 Å². The lowest BCUT2D eigenvalue weighted by atomic mass is 9.46. The number of rotatable bonds is 5. The number of carbonyl (C=O) groups is 2. The average molecular weight is 403 g/mol. The van der Waals surface area contributed by atoms with Gasteiger partial charge in [0.2, 0.25) is 0 Å². The van der Waals surface area contributed by atoms with Crippen LogP contribution in [0.25, 0.3) is 0 Å². The van der Waals surface area contributed by atoms with E-state index in [0.717, 1.165) is 44.1 Å². The fourth-order valence-corrected chi connectivity index (χ4v) is 7.37. The molecule has 4 aliphatic carbocycles. The zero-order chi connectivity index (χ0) is 20.8. The number of aliphatic hydroxyl groups is 1. The second-order valence-corrected chi connectivity index (χ2v) is 9.80. The smallest absolute Gasteiger partial charge is 0.336 e. The van der Waals surface area contributed by atoms with Gasteiger partial charge < -0.3 is 19.4 Å². The van der Waals surface area contributed by atoms with E-state index in [2.05, 4.69) is 26.8 Å². The van der Waals surface area contributed by atoms with Gasteiger partial charge in [0.25, 0.3) is 0 Å². The summed E-state index contributed by atoms with van der Waals surface area (Å²) in [4.78, 5) is 24.4. The zero-order valence-corrected chi connectivity index (χ0v) is 17.9. The van der Waals surface area contributed by atoms with Gasteiger partial charge in [0, 0.05) is 23.5 Å². The van der Waals surface area contributed by atoms with E-state index in [9.17, 15) is 9.59 Å². The molecule has 0 bridgehead atoms. The van der Waals surface area contributed by atoms with Crippen LogP contribution in [0, 0.1) is 34.5 Å². The van der Waals surface area contributed by atoms with E-state index < -0.39 is 12.8 Å². The molecule has 0 aliphatic heterocycles. The summed E-state index contributed by atoms with van der Waals surface area (Å²) in [6.45, 7) is 6.87. The van der Waals surface area contributed by atoms with E-state index >= 15 is 0 Å². The highest BCUT2D eigenvalue weighted by molar-refractivity contribution is 5.90. The Hall–Kier alpha value is -1.46. The first kappa shape index (κ1) is 20.8. The molecule has 0 heterocycles. The fourth-order valence-electron chi connectivity index (χ4n) is 7.37. The predicted molar refractivity (Wildman–Crippen MR) is 109 cm³/mol. The number of aliphatic hydroxyl groups excluding tert-OH is 1. The van der Waals surface area contributed by atoms with Crippen LogP contribution in [0.4, 0.5) is 0 Å². The van der Waals surface area contributed by atoms with Gasteiger partial charge in [-0.2, -0.15) is 0 Å². The van der Waals surface area contributed by atoms with Crippen LogP contribution in [0.3, 0.4) is 0 Å². The molecule has 5 heteroatoms. The van der Waals surface area contributed by atoms with Gasteiger partial charge in [0.15, 0.2) is 6.79 Å². The summed E-state index contributed by atoms with van der Waals surface area (Å²) in [7, 11) is 0. The molecule has 0 aromatic carbocycles. The zero-order valence-electron chi connectivity index (χ0n) is 17.9. The Morgan fingerprint density at radius 2 is 2.07 bits per heavy atom. The first-order valence-corrected chi connectivity index (χ1v) is 11.2. The van der Waals surface area contributed by atoms with E-state index in [4.69, 9.17) is 14.6 Å². The van der Waals surface area contributed by atoms with Crippen molar-refractivity contribution < 1.29 is 24.2 Å². The van der Waals surface area contributed by atoms with E-state index in [1.54, 1.807) is 0 Å². The maximum atomic E-state index is 12.2. The maximum absolute atomic E-state index is 12.2. The third kappa shape index (κ3) is 3.04. The minimum absolute atomic E-state index is 0.232. The number of esters is 1. The second-order valence-electron chi connectivity index (χ2n) is 9.80. The highest BCUT2D eigenvalue weighted by Gasteiger charge is 2.60. The van der Waals surface area contributed by atoms with Crippen molar-refractivity contribution in [1.82, 2.24) is 0 Å². The van der Waals surface area contributed by atoms with E-state index in [-0.39, 0.29) is 16.7 Å². The third-order valence-electron chi connectivity index (χ3n) is 8.88. The summed E-state index contributed by atoms with van der Waals surface area (Å²) < 4.78 is 10.9. The summed E-state index contributed by atoms with van der Waals surface area (Å²) in [5, 5.41) is 8.93. The van der Waals surface area contributed by atoms with Crippen LogP contribution < -0.4 is 0 Å². The third-order valence-corrected chi connectivity index (χ3v) is 8.88. The maximum Gasteiger partial charge on any atom is 0.336 e. The largest absolute Gasteiger partial charge is 0.435 e. The second kappa shape index (κ2) is 7.66. The van der Waals surface area contributed by atoms with Gasteiger partial charge in [0.1, 0.15) is 6.29 Å². The molecule has 1 N–H and O–H groups in total. The lowest BCUT2D eigenvalue weighted by Gasteiger charge is -2.58. The number of hydrogen-bond donors (Lipinski definition) is 1. The standard InChI is InChI=1S/C24H34O5/c1-4-28-21-8-7-19-18-6-5-16-11-15(22(27)29-14-26)12-17(13-25)24(16,3)20(18)9-10-23(19,21)2/h5,11,13,17-21,26H,4,6-10,12,14H2,1-3H3/t17?,18-,19-,20-,21?,23-,24+/m0/s1. The summed E-state index contributed by atoms with van der Waals surface area (Å²) in [6.07, 6.45) is 11.6. The van der Waals surface area contributed by atoms with Crippen LogP contribution in [0.1, 0.15) is 59.3 Å². The first-order chi connectivity index (χ1) is 13.9. The Balaban J connectivity index is 1.68. The number of carbonyl (C=O) groups excluding carboxylic acids is 2. The molecule has 0 saturated heterocycles. The number of fused-ring (bicyclic) bond motifs is 5. The van der Waals surface area contributed by atoms with Crippen LogP contribution in [-0.4, -0.2) is 36.9 Å². The quantitative estimate of drug-likeness (QED) is 0.430. The number of allylic oxidation sites excluding steroid dienone is 3. The molecule has 29 heavy (non-hydrogen) atoms. The molecular formula is C24H34O5. The Labute approximate surface area is 173 Å². The molecular weight excluding hydrogens is 368 g/mol. The summed E-state index contributed by atoms with van der Waals surface area (Å²) in [5.41, 5.74) is 1.60. The Bertz CT molecular complexity index is 740. The predicted octanol–water partition coefficient (Wildman–Crippen LogP) is 3.81. The van der Waals surface area contributed by atoms with Crippen LogP contribution >= 0.6 is 0 Å². The monoisotopic (exact) mass is 402 g/mol. The van der Waals surface area contributed by atoms with Gasteiger partial charge in [-0.15, -0.1) is 0 Å². The molecule has 0 amide bonds. The van der Waals surface area contributed by atoms with Crippen LogP contribution in [0.15, 0.2) is 23.3 Å². The van der Waals surface area contributed by atoms with Crippen molar-refractivity contribution in [2.24, 2.45) is 34.5 Å². The number of hydrogen-bond acceptors (Lipinski definition) is 5. The van der Waals surface area contributed by atoms with E-state index in [0.29, 0.717) is 35.9 Å². The topological polar surface area (TPSA) is 72.8 Å². The van der Waals surface area contributed by atoms with E-state index in [1.165, 1.54) is 6.42 Å². The van der Waals surface area contributed by atoms with Crippen molar-refractivity contribution in [2.45, 2.75) is 65.4 Å². The number of aldehydes is 1. The first-order valence-electron chi connectivity index (χ1n) is 11.2. The fraction of sp³-hybridized carbons (Fsp3) is 0.750. The molecule has 2 unspecified atom stereocenters. The minimum Gasteiger partial charge on any atom is -0.435 e. The van der Waals surface area contributed by atoms with Crippen LogP contribution in [-0.2, 0) is 19.1 Å². The van der Waals surface area contributed by atoms with Gasteiger partial charge in [-0.1, -0.05) is 19.9 Å². The van der Waals surface area contributed by atoms with Gasteiger partial charge in [-0.05, 0) is 80.3 Å². The lowest BCUT2D eigenvalue weighted by molar-refractivity contribution is -0.147. The molecule has 0 aromatic rings. The highest BCUT2D eigenvalue weighted by atomic mass is 16.6. The van der Waals surface area contributed by atoms with Crippen LogP contribution in [0.5, 0.6) is 0 Å². The van der Waals surface area contributed by atoms with Crippen molar-refractivity contribution in [3.05, 3.63) is 23.3 Å². The van der Waals surface area contributed by atoms with Crippen molar-refractivity contribution in [1.29, 1.82) is 0 Å². The van der Waals surface area contributed by atoms with Gasteiger partial charge in [0.05, 0.1) is 6.10 Å². The summed E-state index contributed by atoms with van der Waals surface area (Å²) in [6, 6.07) is 0. The molecule has 0 aromatic heterocycles. The van der Waals surface area contributed by atoms with Crippen molar-refractivity contribution in [3.63, 3.8) is 0 Å². The molecule has 160 valence electrons. The molecule has 2 fully saturated rings. The number of ether oxygens (including phenoxy) is 2. The van der Waals surface area contributed by atoms with Crippen LogP contribution in [0.2, 0.25) is 0 Å². The molecule has 4 rings (SSSR count). The van der Waals surface area contributed by atoms with Gasteiger partial charge in [-0.25, -0.2) is 4.79 Å².